The van der Waals surface area contributed by atoms with Crippen molar-refractivity contribution in [3.63, 3.8) is 0 Å². The van der Waals surface area contributed by atoms with Crippen LogP contribution in [0.2, 0.25) is 0 Å². The van der Waals surface area contributed by atoms with Gasteiger partial charge in [0.1, 0.15) is 5.69 Å². The maximum atomic E-state index is 12.5. The molecule has 0 unspecified atom stereocenters. The van der Waals surface area contributed by atoms with E-state index in [4.69, 9.17) is 0 Å². The van der Waals surface area contributed by atoms with Crippen molar-refractivity contribution in [2.75, 3.05) is 5.32 Å². The third kappa shape index (κ3) is 3.58. The van der Waals surface area contributed by atoms with Crippen LogP contribution < -0.4 is 5.32 Å². The zero-order valence-corrected chi connectivity index (χ0v) is 10.0. The third-order valence-electron chi connectivity index (χ3n) is 3.13. The lowest BCUT2D eigenvalue weighted by Crippen LogP contribution is -2.21. The highest BCUT2D eigenvalue weighted by atomic mass is 19.4. The summed E-state index contributed by atoms with van der Waals surface area (Å²) < 4.78 is 37.5. The van der Waals surface area contributed by atoms with Crippen LogP contribution in [0.5, 0.6) is 0 Å². The summed E-state index contributed by atoms with van der Waals surface area (Å²) in [5, 5.41) is 3.01. The van der Waals surface area contributed by atoms with Crippen molar-refractivity contribution < 1.29 is 13.2 Å². The molecule has 1 aliphatic carbocycles. The molecule has 0 bridgehead atoms. The highest BCUT2D eigenvalue weighted by Gasteiger charge is 2.32. The number of anilines is 1. The maximum Gasteiger partial charge on any atom is 0.433 e. The van der Waals surface area contributed by atoms with Crippen molar-refractivity contribution in [3.8, 4) is 0 Å². The molecule has 3 nitrogen and oxygen atoms in total. The van der Waals surface area contributed by atoms with Crippen LogP contribution in [0.25, 0.3) is 0 Å². The molecule has 18 heavy (non-hydrogen) atoms. The number of hydrogen-bond donors (Lipinski definition) is 1. The molecule has 1 aromatic rings. The van der Waals surface area contributed by atoms with Crippen molar-refractivity contribution in [3.05, 3.63) is 18.0 Å². The van der Waals surface area contributed by atoms with E-state index in [1.54, 1.807) is 0 Å². The Kier molecular flexibility index (Phi) is 4.04. The predicted molar refractivity (Wildman–Crippen MR) is 62.1 cm³/mol. The van der Waals surface area contributed by atoms with E-state index < -0.39 is 11.9 Å². The lowest BCUT2D eigenvalue weighted by molar-refractivity contribution is -0.141. The van der Waals surface area contributed by atoms with Gasteiger partial charge in [0.05, 0.1) is 0 Å². The Hall–Kier alpha value is -1.33. The van der Waals surface area contributed by atoms with Gasteiger partial charge in [0.15, 0.2) is 0 Å². The third-order valence-corrected chi connectivity index (χ3v) is 3.13. The Balaban J connectivity index is 2.04. The molecule has 0 saturated heterocycles. The monoisotopic (exact) mass is 259 g/mol. The first-order valence-corrected chi connectivity index (χ1v) is 6.22. The second-order valence-corrected chi connectivity index (χ2v) is 4.60. The molecule has 0 atom stereocenters. The Morgan fingerprint density at radius 2 is 1.78 bits per heavy atom. The predicted octanol–water partition coefficient (Wildman–Crippen LogP) is 3.63. The van der Waals surface area contributed by atoms with E-state index >= 15 is 0 Å². The number of rotatable bonds is 2. The van der Waals surface area contributed by atoms with Gasteiger partial charge in [0.2, 0.25) is 5.95 Å². The molecule has 1 aliphatic rings. The van der Waals surface area contributed by atoms with E-state index in [-0.39, 0.29) is 12.0 Å². The Labute approximate surface area is 104 Å². The van der Waals surface area contributed by atoms with Crippen LogP contribution in [0.4, 0.5) is 19.1 Å². The van der Waals surface area contributed by atoms with Crippen LogP contribution in [0, 0.1) is 0 Å². The summed E-state index contributed by atoms with van der Waals surface area (Å²) in [4.78, 5) is 7.38. The number of halogens is 3. The first-order valence-electron chi connectivity index (χ1n) is 6.22. The van der Waals surface area contributed by atoms with Crippen LogP contribution in [-0.2, 0) is 6.18 Å². The first kappa shape index (κ1) is 13.1. The van der Waals surface area contributed by atoms with Crippen LogP contribution in [0.3, 0.4) is 0 Å². The minimum Gasteiger partial charge on any atom is -0.351 e. The molecule has 1 fully saturated rings. The standard InChI is InChI=1S/C12H16F3N3/c13-12(14,15)10-7-8-16-11(18-10)17-9-5-3-1-2-4-6-9/h7-9H,1-6H2,(H,16,17,18). The molecule has 0 spiro atoms. The van der Waals surface area contributed by atoms with Gasteiger partial charge in [-0.25, -0.2) is 9.97 Å². The molecule has 1 heterocycles. The smallest absolute Gasteiger partial charge is 0.351 e. The lowest BCUT2D eigenvalue weighted by Gasteiger charge is -2.16. The van der Waals surface area contributed by atoms with E-state index in [2.05, 4.69) is 15.3 Å². The fourth-order valence-corrected chi connectivity index (χ4v) is 2.19. The molecule has 0 amide bonds. The average Bonchev–Trinajstić information content (AvgIpc) is 2.57. The fourth-order valence-electron chi connectivity index (χ4n) is 2.19. The van der Waals surface area contributed by atoms with Crippen LogP contribution >= 0.6 is 0 Å². The molecule has 1 N–H and O–H groups in total. The Morgan fingerprint density at radius 1 is 1.11 bits per heavy atom. The molecule has 0 aliphatic heterocycles. The first-order chi connectivity index (χ1) is 8.55. The normalized spacial score (nSPS) is 18.4. The highest BCUT2D eigenvalue weighted by molar-refractivity contribution is 5.27. The van der Waals surface area contributed by atoms with Crippen molar-refractivity contribution in [1.29, 1.82) is 0 Å². The van der Waals surface area contributed by atoms with Crippen molar-refractivity contribution in [1.82, 2.24) is 9.97 Å². The SMILES string of the molecule is FC(F)(F)c1ccnc(NC2CCCCCC2)n1. The van der Waals surface area contributed by atoms with E-state index in [1.165, 1.54) is 12.8 Å². The highest BCUT2D eigenvalue weighted by Crippen LogP contribution is 2.28. The van der Waals surface area contributed by atoms with Crippen LogP contribution in [0.15, 0.2) is 12.3 Å². The average molecular weight is 259 g/mol. The Bertz CT molecular complexity index is 384. The van der Waals surface area contributed by atoms with E-state index in [0.717, 1.165) is 37.9 Å². The van der Waals surface area contributed by atoms with E-state index in [0.29, 0.717) is 0 Å². The minimum absolute atomic E-state index is 0.0803. The molecule has 1 aromatic heterocycles. The summed E-state index contributed by atoms with van der Waals surface area (Å²) in [5.74, 6) is 0.0803. The molecule has 0 radical (unpaired) electrons. The van der Waals surface area contributed by atoms with Gasteiger partial charge in [-0.1, -0.05) is 25.7 Å². The van der Waals surface area contributed by atoms with Gasteiger partial charge in [-0.2, -0.15) is 13.2 Å². The lowest BCUT2D eigenvalue weighted by atomic mass is 10.1. The van der Waals surface area contributed by atoms with E-state index in [9.17, 15) is 13.2 Å². The van der Waals surface area contributed by atoms with Crippen molar-refractivity contribution >= 4 is 5.95 Å². The second-order valence-electron chi connectivity index (χ2n) is 4.60. The second kappa shape index (κ2) is 5.54. The van der Waals surface area contributed by atoms with Crippen LogP contribution in [-0.4, -0.2) is 16.0 Å². The van der Waals surface area contributed by atoms with Gasteiger partial charge < -0.3 is 5.32 Å². The zero-order chi connectivity index (χ0) is 13.0. The number of aromatic nitrogens is 2. The summed E-state index contributed by atoms with van der Waals surface area (Å²) in [6.07, 6.45) is 3.29. The number of nitrogens with one attached hydrogen (secondary N) is 1. The van der Waals surface area contributed by atoms with Gasteiger partial charge in [-0.15, -0.1) is 0 Å². The molecule has 0 aromatic carbocycles. The molecular weight excluding hydrogens is 243 g/mol. The summed E-state index contributed by atoms with van der Waals surface area (Å²) >= 11 is 0. The van der Waals surface area contributed by atoms with Crippen molar-refractivity contribution in [2.24, 2.45) is 0 Å². The van der Waals surface area contributed by atoms with Gasteiger partial charge >= 0.3 is 6.18 Å². The largest absolute Gasteiger partial charge is 0.433 e. The number of alkyl halides is 3. The molecule has 100 valence electrons. The molecule has 2 rings (SSSR count). The summed E-state index contributed by atoms with van der Waals surface area (Å²) in [5.41, 5.74) is -0.895. The summed E-state index contributed by atoms with van der Waals surface area (Å²) in [6.45, 7) is 0. The zero-order valence-electron chi connectivity index (χ0n) is 10.0. The Morgan fingerprint density at radius 3 is 2.39 bits per heavy atom. The summed E-state index contributed by atoms with van der Waals surface area (Å²) in [6, 6.07) is 1.08. The van der Waals surface area contributed by atoms with E-state index in [1.807, 2.05) is 0 Å². The number of nitrogens with zero attached hydrogens (tertiary/aromatic N) is 2. The van der Waals surface area contributed by atoms with Gasteiger partial charge in [-0.3, -0.25) is 0 Å². The summed E-state index contributed by atoms with van der Waals surface area (Å²) in [7, 11) is 0. The topological polar surface area (TPSA) is 37.8 Å². The molecule has 1 saturated carbocycles. The van der Waals surface area contributed by atoms with Gasteiger partial charge in [-0.05, 0) is 18.9 Å². The van der Waals surface area contributed by atoms with Crippen molar-refractivity contribution in [2.45, 2.75) is 50.7 Å². The maximum absolute atomic E-state index is 12.5. The quantitative estimate of drug-likeness (QED) is 0.824. The number of hydrogen-bond acceptors (Lipinski definition) is 3. The molecule has 6 heteroatoms. The van der Waals surface area contributed by atoms with Gasteiger partial charge in [0.25, 0.3) is 0 Å². The van der Waals surface area contributed by atoms with Crippen LogP contribution in [0.1, 0.15) is 44.2 Å². The molecular formula is C12H16F3N3. The minimum atomic E-state index is -4.41. The fraction of sp³-hybridized carbons (Fsp3) is 0.667. The van der Waals surface area contributed by atoms with Gasteiger partial charge in [0, 0.05) is 12.2 Å².